The van der Waals surface area contributed by atoms with Crippen molar-refractivity contribution in [3.05, 3.63) is 53.1 Å². The van der Waals surface area contributed by atoms with E-state index < -0.39 is 12.1 Å². The highest BCUT2D eigenvalue weighted by Gasteiger charge is 2.20. The Bertz CT molecular complexity index is 778. The number of nitrogens with one attached hydrogen (secondary N) is 1. The van der Waals surface area contributed by atoms with Gasteiger partial charge in [0, 0.05) is 16.8 Å². The fourth-order valence-electron chi connectivity index (χ4n) is 2.06. The molecule has 2 aromatic rings. The molecule has 0 aliphatic heterocycles. The monoisotopic (exact) mass is 363 g/mol. The molecule has 0 fully saturated rings. The summed E-state index contributed by atoms with van der Waals surface area (Å²) >= 11 is 5.89. The number of esters is 1. The SMILES string of the molecule is COC(=O)c1ccc(OC)cc1O[C@H](C)C(=O)Nc1cccc(Cl)c1. The molecule has 2 aromatic carbocycles. The highest BCUT2D eigenvalue weighted by Crippen LogP contribution is 2.27. The van der Waals surface area contributed by atoms with Crippen LogP contribution >= 0.6 is 11.6 Å². The predicted molar refractivity (Wildman–Crippen MR) is 94.5 cm³/mol. The van der Waals surface area contributed by atoms with Crippen molar-refractivity contribution in [1.82, 2.24) is 0 Å². The van der Waals surface area contributed by atoms with Crippen LogP contribution < -0.4 is 14.8 Å². The van der Waals surface area contributed by atoms with Crippen LogP contribution in [0.25, 0.3) is 0 Å². The Morgan fingerprint density at radius 1 is 1.12 bits per heavy atom. The standard InChI is InChI=1S/C18H18ClNO5/c1-11(17(21)20-13-6-4-5-12(19)9-13)25-16-10-14(23-2)7-8-15(16)18(22)24-3/h4-11H,1-3H3,(H,20,21)/t11-/m1/s1. The summed E-state index contributed by atoms with van der Waals surface area (Å²) in [6.45, 7) is 1.57. The molecular formula is C18H18ClNO5. The van der Waals surface area contributed by atoms with E-state index in [9.17, 15) is 9.59 Å². The quantitative estimate of drug-likeness (QED) is 0.794. The molecule has 1 N–H and O–H groups in total. The molecule has 1 amide bonds. The van der Waals surface area contributed by atoms with Crippen LogP contribution in [-0.2, 0) is 9.53 Å². The number of methoxy groups -OCH3 is 2. The van der Waals surface area contributed by atoms with Crippen molar-refractivity contribution >= 4 is 29.2 Å². The first-order chi connectivity index (χ1) is 11.9. The van der Waals surface area contributed by atoms with Crippen molar-refractivity contribution in [1.29, 1.82) is 0 Å². The van der Waals surface area contributed by atoms with Gasteiger partial charge in [0.1, 0.15) is 17.1 Å². The molecule has 0 heterocycles. The Morgan fingerprint density at radius 3 is 2.52 bits per heavy atom. The third kappa shape index (κ3) is 4.87. The van der Waals surface area contributed by atoms with E-state index in [0.29, 0.717) is 16.5 Å². The molecule has 0 aromatic heterocycles. The minimum absolute atomic E-state index is 0.194. The molecule has 0 radical (unpaired) electrons. The Kier molecular flexibility index (Phi) is 6.25. The second-order valence-corrected chi connectivity index (χ2v) is 5.55. The maximum atomic E-state index is 12.3. The van der Waals surface area contributed by atoms with Gasteiger partial charge in [-0.3, -0.25) is 4.79 Å². The summed E-state index contributed by atoms with van der Waals surface area (Å²) < 4.78 is 15.5. The Balaban J connectivity index is 2.16. The maximum absolute atomic E-state index is 12.3. The van der Waals surface area contributed by atoms with Gasteiger partial charge < -0.3 is 19.5 Å². The third-order valence-electron chi connectivity index (χ3n) is 3.36. The molecule has 0 aliphatic carbocycles. The molecule has 1 atom stereocenters. The second kappa shape index (κ2) is 8.39. The smallest absolute Gasteiger partial charge is 0.341 e. The molecule has 0 bridgehead atoms. The lowest BCUT2D eigenvalue weighted by Gasteiger charge is -2.17. The lowest BCUT2D eigenvalue weighted by Crippen LogP contribution is -2.30. The first-order valence-corrected chi connectivity index (χ1v) is 7.82. The average Bonchev–Trinajstić information content (AvgIpc) is 2.60. The van der Waals surface area contributed by atoms with Crippen molar-refractivity contribution in [3.63, 3.8) is 0 Å². The van der Waals surface area contributed by atoms with Crippen LogP contribution in [0.3, 0.4) is 0 Å². The van der Waals surface area contributed by atoms with Gasteiger partial charge >= 0.3 is 5.97 Å². The molecule has 132 valence electrons. The Morgan fingerprint density at radius 2 is 1.88 bits per heavy atom. The third-order valence-corrected chi connectivity index (χ3v) is 3.59. The van der Waals surface area contributed by atoms with Gasteiger partial charge in [-0.2, -0.15) is 0 Å². The summed E-state index contributed by atoms with van der Waals surface area (Å²) in [5.41, 5.74) is 0.748. The van der Waals surface area contributed by atoms with E-state index in [4.69, 9.17) is 25.8 Å². The first-order valence-electron chi connectivity index (χ1n) is 7.44. The lowest BCUT2D eigenvalue weighted by molar-refractivity contribution is -0.122. The van der Waals surface area contributed by atoms with E-state index in [-0.39, 0.29) is 17.2 Å². The zero-order chi connectivity index (χ0) is 18.4. The largest absolute Gasteiger partial charge is 0.497 e. The van der Waals surface area contributed by atoms with Gasteiger partial charge in [-0.05, 0) is 37.3 Å². The Hall–Kier alpha value is -2.73. The number of carbonyl (C=O) groups excluding carboxylic acids is 2. The molecule has 25 heavy (non-hydrogen) atoms. The van der Waals surface area contributed by atoms with Crippen LogP contribution in [0, 0.1) is 0 Å². The van der Waals surface area contributed by atoms with E-state index in [1.807, 2.05) is 0 Å². The fraction of sp³-hybridized carbons (Fsp3) is 0.222. The van der Waals surface area contributed by atoms with E-state index in [1.54, 1.807) is 37.3 Å². The van der Waals surface area contributed by atoms with Gasteiger partial charge in [-0.15, -0.1) is 0 Å². The average molecular weight is 364 g/mol. The van der Waals surface area contributed by atoms with Crippen LogP contribution in [0.1, 0.15) is 17.3 Å². The highest BCUT2D eigenvalue weighted by atomic mass is 35.5. The number of anilines is 1. The zero-order valence-corrected chi connectivity index (χ0v) is 14.8. The second-order valence-electron chi connectivity index (χ2n) is 5.11. The number of ether oxygens (including phenoxy) is 3. The van der Waals surface area contributed by atoms with Gasteiger partial charge in [-0.25, -0.2) is 4.79 Å². The molecule has 0 saturated heterocycles. The van der Waals surface area contributed by atoms with Crippen LogP contribution in [0.2, 0.25) is 5.02 Å². The zero-order valence-electron chi connectivity index (χ0n) is 14.0. The fourth-order valence-corrected chi connectivity index (χ4v) is 2.25. The van der Waals surface area contributed by atoms with Gasteiger partial charge in [0.15, 0.2) is 6.10 Å². The van der Waals surface area contributed by atoms with Crippen molar-refractivity contribution in [2.75, 3.05) is 19.5 Å². The summed E-state index contributed by atoms with van der Waals surface area (Å²) in [7, 11) is 2.76. The van der Waals surface area contributed by atoms with Gasteiger partial charge in [-0.1, -0.05) is 17.7 Å². The number of hydrogen-bond donors (Lipinski definition) is 1. The van der Waals surface area contributed by atoms with Crippen LogP contribution in [-0.4, -0.2) is 32.2 Å². The number of halogens is 1. The van der Waals surface area contributed by atoms with Gasteiger partial charge in [0.05, 0.1) is 14.2 Å². The van der Waals surface area contributed by atoms with Gasteiger partial charge in [0.2, 0.25) is 0 Å². The maximum Gasteiger partial charge on any atom is 0.341 e. The van der Waals surface area contributed by atoms with Crippen molar-refractivity contribution in [2.45, 2.75) is 13.0 Å². The molecule has 6 nitrogen and oxygen atoms in total. The summed E-state index contributed by atoms with van der Waals surface area (Å²) in [5, 5.41) is 3.20. The van der Waals surface area contributed by atoms with E-state index in [1.165, 1.54) is 26.4 Å². The normalized spacial score (nSPS) is 11.4. The molecule has 2 rings (SSSR count). The van der Waals surface area contributed by atoms with E-state index in [0.717, 1.165) is 0 Å². The molecular weight excluding hydrogens is 346 g/mol. The summed E-state index contributed by atoms with van der Waals surface area (Å²) in [6.07, 6.45) is -0.866. The summed E-state index contributed by atoms with van der Waals surface area (Å²) in [6, 6.07) is 11.4. The number of rotatable bonds is 6. The number of hydrogen-bond acceptors (Lipinski definition) is 5. The molecule has 0 spiro atoms. The number of benzene rings is 2. The molecule has 0 unspecified atom stereocenters. The number of carbonyl (C=O) groups is 2. The Labute approximate surface area is 150 Å². The van der Waals surface area contributed by atoms with Crippen LogP contribution in [0.5, 0.6) is 11.5 Å². The van der Waals surface area contributed by atoms with Crippen molar-refractivity contribution in [2.24, 2.45) is 0 Å². The first kappa shape index (κ1) is 18.6. The van der Waals surface area contributed by atoms with Crippen molar-refractivity contribution < 1.29 is 23.8 Å². The molecule has 0 aliphatic rings. The summed E-state index contributed by atoms with van der Waals surface area (Å²) in [5.74, 6) is -0.272. The van der Waals surface area contributed by atoms with E-state index >= 15 is 0 Å². The van der Waals surface area contributed by atoms with Crippen LogP contribution in [0.4, 0.5) is 5.69 Å². The lowest BCUT2D eigenvalue weighted by atomic mass is 10.2. The van der Waals surface area contributed by atoms with Crippen molar-refractivity contribution in [3.8, 4) is 11.5 Å². The van der Waals surface area contributed by atoms with Gasteiger partial charge in [0.25, 0.3) is 5.91 Å². The van der Waals surface area contributed by atoms with E-state index in [2.05, 4.69) is 5.32 Å². The predicted octanol–water partition coefficient (Wildman–Crippen LogP) is 3.54. The number of amides is 1. The summed E-state index contributed by atoms with van der Waals surface area (Å²) in [4.78, 5) is 24.2. The minimum Gasteiger partial charge on any atom is -0.497 e. The minimum atomic E-state index is -0.866. The highest BCUT2D eigenvalue weighted by molar-refractivity contribution is 6.30. The molecule has 0 saturated carbocycles. The topological polar surface area (TPSA) is 73.9 Å². The molecule has 7 heteroatoms. The van der Waals surface area contributed by atoms with Crippen LogP contribution in [0.15, 0.2) is 42.5 Å².